The predicted molar refractivity (Wildman–Crippen MR) is 23.7 cm³/mol. The SMILES string of the molecule is OCCn1n[c]nn1. The summed E-state index contributed by atoms with van der Waals surface area (Å²) in [5.74, 6) is 0. The predicted octanol–water partition coefficient (Wildman–Crippen LogP) is -1.53. The van der Waals surface area contributed by atoms with Crippen LogP contribution in [-0.4, -0.2) is 31.9 Å². The fraction of sp³-hybridized carbons (Fsp3) is 0.667. The zero-order chi connectivity index (χ0) is 5.82. The monoisotopic (exact) mass is 113 g/mol. The van der Waals surface area contributed by atoms with Gasteiger partial charge in [0, 0.05) is 0 Å². The second-order valence-corrected chi connectivity index (χ2v) is 1.21. The Labute approximate surface area is 45.9 Å². The average Bonchev–Trinajstić information content (AvgIpc) is 2.19. The molecule has 1 aromatic rings. The van der Waals surface area contributed by atoms with E-state index in [2.05, 4.69) is 21.7 Å². The number of aliphatic hydroxyl groups excluding tert-OH is 1. The van der Waals surface area contributed by atoms with E-state index < -0.39 is 0 Å². The lowest BCUT2D eigenvalue weighted by Gasteiger charge is -1.88. The molecule has 0 aliphatic heterocycles. The molecule has 1 heterocycles. The first kappa shape index (κ1) is 5.17. The number of aromatic nitrogens is 4. The first-order chi connectivity index (χ1) is 3.93. The van der Waals surface area contributed by atoms with Gasteiger partial charge in [-0.25, -0.2) is 0 Å². The maximum absolute atomic E-state index is 8.30. The van der Waals surface area contributed by atoms with Gasteiger partial charge in [0.1, 0.15) is 0 Å². The van der Waals surface area contributed by atoms with Gasteiger partial charge in [0.2, 0.25) is 6.33 Å². The fourth-order valence-corrected chi connectivity index (χ4v) is 0.347. The summed E-state index contributed by atoms with van der Waals surface area (Å²) < 4.78 is 0. The average molecular weight is 113 g/mol. The van der Waals surface area contributed by atoms with Crippen molar-refractivity contribution < 1.29 is 5.11 Å². The molecule has 0 aromatic carbocycles. The molecule has 0 saturated heterocycles. The lowest BCUT2D eigenvalue weighted by Crippen LogP contribution is -2.05. The maximum Gasteiger partial charge on any atom is 0.245 e. The molecule has 0 amide bonds. The molecule has 0 fully saturated rings. The van der Waals surface area contributed by atoms with Crippen molar-refractivity contribution >= 4 is 0 Å². The van der Waals surface area contributed by atoms with Crippen LogP contribution in [0.1, 0.15) is 0 Å². The Bertz CT molecular complexity index is 137. The Balaban J connectivity index is 2.50. The number of nitrogens with zero attached hydrogens (tertiary/aromatic N) is 4. The second kappa shape index (κ2) is 2.37. The molecule has 5 heteroatoms. The summed E-state index contributed by atoms with van der Waals surface area (Å²) >= 11 is 0. The van der Waals surface area contributed by atoms with E-state index in [1.807, 2.05) is 0 Å². The van der Waals surface area contributed by atoms with Crippen molar-refractivity contribution in [3.8, 4) is 0 Å². The number of hydrogen-bond donors (Lipinski definition) is 1. The molecule has 1 N–H and O–H groups in total. The molecule has 5 nitrogen and oxygen atoms in total. The molecule has 0 aliphatic carbocycles. The van der Waals surface area contributed by atoms with Crippen LogP contribution in [0.25, 0.3) is 0 Å². The van der Waals surface area contributed by atoms with Crippen molar-refractivity contribution in [2.75, 3.05) is 6.61 Å². The zero-order valence-electron chi connectivity index (χ0n) is 4.15. The van der Waals surface area contributed by atoms with Gasteiger partial charge in [0.25, 0.3) is 0 Å². The smallest absolute Gasteiger partial charge is 0.245 e. The molecule has 1 radical (unpaired) electrons. The van der Waals surface area contributed by atoms with E-state index in [9.17, 15) is 0 Å². The lowest BCUT2D eigenvalue weighted by atomic mass is 10.7. The minimum absolute atomic E-state index is 0.0319. The highest BCUT2D eigenvalue weighted by Crippen LogP contribution is 1.69. The Hall–Kier alpha value is -0.970. The quantitative estimate of drug-likeness (QED) is 0.505. The highest BCUT2D eigenvalue weighted by molar-refractivity contribution is 4.33. The molecular weight excluding hydrogens is 108 g/mol. The minimum Gasteiger partial charge on any atom is -0.394 e. The number of hydrogen-bond acceptors (Lipinski definition) is 4. The van der Waals surface area contributed by atoms with Gasteiger partial charge in [-0.2, -0.15) is 4.80 Å². The van der Waals surface area contributed by atoms with Crippen LogP contribution in [0, 0.1) is 6.33 Å². The summed E-state index contributed by atoms with van der Waals surface area (Å²) in [5.41, 5.74) is 0. The third-order valence-electron chi connectivity index (χ3n) is 0.653. The maximum atomic E-state index is 8.30. The van der Waals surface area contributed by atoms with Gasteiger partial charge in [0.05, 0.1) is 13.2 Å². The fourth-order valence-electron chi connectivity index (χ4n) is 0.347. The lowest BCUT2D eigenvalue weighted by molar-refractivity contribution is 0.259. The number of tetrazole rings is 1. The largest absolute Gasteiger partial charge is 0.394 e. The van der Waals surface area contributed by atoms with E-state index in [4.69, 9.17) is 5.11 Å². The van der Waals surface area contributed by atoms with Gasteiger partial charge < -0.3 is 5.11 Å². The summed E-state index contributed by atoms with van der Waals surface area (Å²) in [6, 6.07) is 0. The van der Waals surface area contributed by atoms with Crippen LogP contribution >= 0.6 is 0 Å². The van der Waals surface area contributed by atoms with E-state index in [0.717, 1.165) is 0 Å². The molecule has 0 unspecified atom stereocenters. The van der Waals surface area contributed by atoms with Crippen molar-refractivity contribution in [1.29, 1.82) is 0 Å². The molecule has 1 rings (SSSR count). The molecule has 0 bridgehead atoms. The molecular formula is C3H5N4O. The third kappa shape index (κ3) is 1.00. The molecule has 43 valence electrons. The molecule has 1 aromatic heterocycles. The van der Waals surface area contributed by atoms with Crippen molar-refractivity contribution in [3.05, 3.63) is 6.33 Å². The summed E-state index contributed by atoms with van der Waals surface area (Å²) in [6.07, 6.45) is 2.26. The standard InChI is InChI=1S/C3H5N4O/c8-2-1-7-5-3-4-6-7/h8H,1-2H2. The topological polar surface area (TPSA) is 63.8 Å². The van der Waals surface area contributed by atoms with Gasteiger partial charge in [-0.3, -0.25) is 0 Å². The molecule has 8 heavy (non-hydrogen) atoms. The van der Waals surface area contributed by atoms with E-state index in [1.165, 1.54) is 4.80 Å². The molecule has 0 atom stereocenters. The van der Waals surface area contributed by atoms with E-state index in [0.29, 0.717) is 6.54 Å². The number of rotatable bonds is 2. The van der Waals surface area contributed by atoms with Crippen LogP contribution in [0.4, 0.5) is 0 Å². The van der Waals surface area contributed by atoms with Crippen LogP contribution < -0.4 is 0 Å². The molecule has 0 saturated carbocycles. The first-order valence-electron chi connectivity index (χ1n) is 2.18. The van der Waals surface area contributed by atoms with Gasteiger partial charge in [-0.15, -0.1) is 10.2 Å². The van der Waals surface area contributed by atoms with Crippen LogP contribution in [0.3, 0.4) is 0 Å². The minimum atomic E-state index is 0.0319. The van der Waals surface area contributed by atoms with Crippen LogP contribution in [0.5, 0.6) is 0 Å². The Morgan fingerprint density at radius 1 is 1.62 bits per heavy atom. The third-order valence-corrected chi connectivity index (χ3v) is 0.653. The van der Waals surface area contributed by atoms with Crippen molar-refractivity contribution in [3.63, 3.8) is 0 Å². The van der Waals surface area contributed by atoms with Gasteiger partial charge >= 0.3 is 0 Å². The van der Waals surface area contributed by atoms with Crippen molar-refractivity contribution in [1.82, 2.24) is 20.2 Å². The van der Waals surface area contributed by atoms with Crippen LogP contribution in [0.2, 0.25) is 0 Å². The number of aliphatic hydroxyl groups is 1. The second-order valence-electron chi connectivity index (χ2n) is 1.21. The first-order valence-corrected chi connectivity index (χ1v) is 2.18. The van der Waals surface area contributed by atoms with Crippen LogP contribution in [-0.2, 0) is 6.54 Å². The molecule has 0 spiro atoms. The summed E-state index contributed by atoms with van der Waals surface area (Å²) in [7, 11) is 0. The normalized spacial score (nSPS) is 9.62. The van der Waals surface area contributed by atoms with Gasteiger partial charge in [-0.05, 0) is 5.21 Å². The van der Waals surface area contributed by atoms with Crippen molar-refractivity contribution in [2.45, 2.75) is 6.54 Å². The van der Waals surface area contributed by atoms with Crippen LogP contribution in [0.15, 0.2) is 0 Å². The summed E-state index contributed by atoms with van der Waals surface area (Å²) in [5, 5.41) is 18.6. The van der Waals surface area contributed by atoms with Gasteiger partial charge in [-0.1, -0.05) is 0 Å². The highest BCUT2D eigenvalue weighted by Gasteiger charge is 1.87. The Kier molecular flexibility index (Phi) is 1.53. The van der Waals surface area contributed by atoms with E-state index >= 15 is 0 Å². The Morgan fingerprint density at radius 2 is 2.50 bits per heavy atom. The summed E-state index contributed by atoms with van der Waals surface area (Å²) in [6.45, 7) is 0.417. The highest BCUT2D eigenvalue weighted by atomic mass is 16.3. The van der Waals surface area contributed by atoms with E-state index in [-0.39, 0.29) is 6.61 Å². The van der Waals surface area contributed by atoms with Crippen molar-refractivity contribution in [2.24, 2.45) is 0 Å². The van der Waals surface area contributed by atoms with E-state index in [1.54, 1.807) is 0 Å². The zero-order valence-corrected chi connectivity index (χ0v) is 4.15. The van der Waals surface area contributed by atoms with Gasteiger partial charge in [0.15, 0.2) is 0 Å². The Morgan fingerprint density at radius 3 is 3.00 bits per heavy atom. The molecule has 0 aliphatic rings. The summed E-state index contributed by atoms with van der Waals surface area (Å²) in [4.78, 5) is 1.26.